The second-order valence-corrected chi connectivity index (χ2v) is 7.72. The molecule has 0 aliphatic carbocycles. The van der Waals surface area contributed by atoms with Crippen LogP contribution in [0.15, 0.2) is 73.2 Å². The van der Waals surface area contributed by atoms with Crippen molar-refractivity contribution in [3.8, 4) is 17.1 Å². The van der Waals surface area contributed by atoms with Gasteiger partial charge in [-0.05, 0) is 61.5 Å². The van der Waals surface area contributed by atoms with E-state index in [2.05, 4.69) is 25.5 Å². The molecule has 0 radical (unpaired) electrons. The van der Waals surface area contributed by atoms with Gasteiger partial charge >= 0.3 is 0 Å². The molecule has 1 N–H and O–H groups in total. The lowest BCUT2D eigenvalue weighted by molar-refractivity contribution is -0.115. The molecule has 0 aliphatic heterocycles. The van der Waals surface area contributed by atoms with E-state index in [4.69, 9.17) is 11.6 Å². The third kappa shape index (κ3) is 4.08. The largest absolute Gasteiger partial charge is 0.326 e. The van der Waals surface area contributed by atoms with Gasteiger partial charge in [0.1, 0.15) is 6.33 Å². The standard InChI is InChI=1S/C23H18ClN7O/c1-15-3-2-4-22(27-15)31-20(16-5-10-21-25-14-26-30(21)13-16)11-19(29-31)12-23(32)28-18-8-6-17(24)7-9-18/h2-11,13-14H,12H2,1H3,(H,28,32). The Morgan fingerprint density at radius 3 is 2.75 bits per heavy atom. The summed E-state index contributed by atoms with van der Waals surface area (Å²) < 4.78 is 3.44. The van der Waals surface area contributed by atoms with Crippen LogP contribution in [0, 0.1) is 6.92 Å². The quantitative estimate of drug-likeness (QED) is 0.441. The summed E-state index contributed by atoms with van der Waals surface area (Å²) in [6.45, 7) is 1.93. The van der Waals surface area contributed by atoms with Crippen LogP contribution in [0.3, 0.4) is 0 Å². The first kappa shape index (κ1) is 19.9. The number of nitrogens with zero attached hydrogens (tertiary/aromatic N) is 6. The highest BCUT2D eigenvalue weighted by atomic mass is 35.5. The van der Waals surface area contributed by atoms with E-state index in [0.717, 1.165) is 22.6 Å². The average molecular weight is 444 g/mol. The van der Waals surface area contributed by atoms with Crippen LogP contribution in [-0.2, 0) is 11.2 Å². The molecule has 32 heavy (non-hydrogen) atoms. The van der Waals surface area contributed by atoms with E-state index in [1.807, 2.05) is 49.5 Å². The lowest BCUT2D eigenvalue weighted by Gasteiger charge is -2.07. The average Bonchev–Trinajstić information content (AvgIpc) is 3.41. The number of aromatic nitrogens is 6. The third-order valence-corrected chi connectivity index (χ3v) is 5.14. The van der Waals surface area contributed by atoms with Crippen molar-refractivity contribution in [1.82, 2.24) is 29.4 Å². The van der Waals surface area contributed by atoms with Gasteiger partial charge in [-0.1, -0.05) is 17.7 Å². The third-order valence-electron chi connectivity index (χ3n) is 4.89. The molecule has 0 aliphatic rings. The second kappa shape index (κ2) is 8.24. The number of carbonyl (C=O) groups excluding carboxylic acids is 1. The van der Waals surface area contributed by atoms with Crippen LogP contribution >= 0.6 is 11.6 Å². The Labute approximate surface area is 188 Å². The molecule has 5 aromatic rings. The van der Waals surface area contributed by atoms with Gasteiger partial charge in [0.05, 0.1) is 17.8 Å². The molecule has 5 rings (SSSR count). The number of nitrogens with one attached hydrogen (secondary N) is 1. The normalized spacial score (nSPS) is 11.1. The Balaban J connectivity index is 1.50. The van der Waals surface area contributed by atoms with Crippen LogP contribution in [0.4, 0.5) is 5.69 Å². The highest BCUT2D eigenvalue weighted by Crippen LogP contribution is 2.24. The number of benzene rings is 1. The van der Waals surface area contributed by atoms with Gasteiger partial charge in [-0.3, -0.25) is 4.79 Å². The zero-order valence-electron chi connectivity index (χ0n) is 17.1. The molecule has 9 heteroatoms. The first-order valence-electron chi connectivity index (χ1n) is 9.93. The topological polar surface area (TPSA) is 90.0 Å². The molecule has 0 spiro atoms. The van der Waals surface area contributed by atoms with Gasteiger partial charge in [-0.2, -0.15) is 10.2 Å². The first-order valence-corrected chi connectivity index (χ1v) is 10.3. The van der Waals surface area contributed by atoms with Crippen molar-refractivity contribution in [1.29, 1.82) is 0 Å². The number of anilines is 1. The minimum absolute atomic E-state index is 0.111. The van der Waals surface area contributed by atoms with Crippen LogP contribution in [0.5, 0.6) is 0 Å². The molecular weight excluding hydrogens is 426 g/mol. The van der Waals surface area contributed by atoms with E-state index in [9.17, 15) is 4.79 Å². The van der Waals surface area contributed by atoms with Crippen LogP contribution in [0.2, 0.25) is 5.02 Å². The number of halogens is 1. The van der Waals surface area contributed by atoms with Crippen molar-refractivity contribution in [2.75, 3.05) is 5.32 Å². The van der Waals surface area contributed by atoms with Crippen LogP contribution in [0.1, 0.15) is 11.4 Å². The molecular formula is C23H18ClN7O. The number of hydrogen-bond donors (Lipinski definition) is 1. The van der Waals surface area contributed by atoms with Crippen LogP contribution in [0.25, 0.3) is 22.7 Å². The van der Waals surface area contributed by atoms with E-state index in [1.54, 1.807) is 33.5 Å². The number of aryl methyl sites for hydroxylation is 1. The van der Waals surface area contributed by atoms with Crippen LogP contribution in [-0.4, -0.2) is 35.3 Å². The van der Waals surface area contributed by atoms with Crippen molar-refractivity contribution in [2.45, 2.75) is 13.3 Å². The van der Waals surface area contributed by atoms with Gasteiger partial charge in [-0.15, -0.1) is 0 Å². The van der Waals surface area contributed by atoms with E-state index in [-0.39, 0.29) is 12.3 Å². The van der Waals surface area contributed by atoms with Gasteiger partial charge in [0.2, 0.25) is 5.91 Å². The van der Waals surface area contributed by atoms with Gasteiger partial charge in [0, 0.05) is 28.2 Å². The molecule has 0 atom stereocenters. The SMILES string of the molecule is Cc1cccc(-n2nc(CC(=O)Nc3ccc(Cl)cc3)cc2-c2ccc3ncnn3c2)n1. The maximum Gasteiger partial charge on any atom is 0.230 e. The predicted octanol–water partition coefficient (Wildman–Crippen LogP) is 4.12. The molecule has 1 amide bonds. The Bertz CT molecular complexity index is 1420. The summed E-state index contributed by atoms with van der Waals surface area (Å²) in [5, 5.41) is 12.4. The molecule has 0 fully saturated rings. The smallest absolute Gasteiger partial charge is 0.230 e. The zero-order valence-corrected chi connectivity index (χ0v) is 17.9. The monoisotopic (exact) mass is 443 g/mol. The van der Waals surface area contributed by atoms with Crippen molar-refractivity contribution >= 4 is 28.8 Å². The number of amides is 1. The van der Waals surface area contributed by atoms with E-state index >= 15 is 0 Å². The summed E-state index contributed by atoms with van der Waals surface area (Å²) in [6.07, 6.45) is 3.49. The molecule has 8 nitrogen and oxygen atoms in total. The Kier molecular flexibility index (Phi) is 5.12. The fraction of sp³-hybridized carbons (Fsp3) is 0.0870. The number of carbonyl (C=O) groups is 1. The summed E-state index contributed by atoms with van der Waals surface area (Å²) in [5.74, 6) is 0.496. The van der Waals surface area contributed by atoms with E-state index in [0.29, 0.717) is 22.2 Å². The summed E-state index contributed by atoms with van der Waals surface area (Å²) in [4.78, 5) is 21.4. The fourth-order valence-corrected chi connectivity index (χ4v) is 3.54. The van der Waals surface area contributed by atoms with Gasteiger partial charge in [-0.25, -0.2) is 19.2 Å². The maximum atomic E-state index is 12.6. The van der Waals surface area contributed by atoms with Crippen molar-refractivity contribution in [3.05, 3.63) is 89.6 Å². The number of fused-ring (bicyclic) bond motifs is 1. The van der Waals surface area contributed by atoms with Crippen LogP contribution < -0.4 is 5.32 Å². The summed E-state index contributed by atoms with van der Waals surface area (Å²) in [7, 11) is 0. The molecule has 0 saturated carbocycles. The lowest BCUT2D eigenvalue weighted by atomic mass is 10.1. The summed E-state index contributed by atoms with van der Waals surface area (Å²) in [6, 6.07) is 18.4. The highest BCUT2D eigenvalue weighted by Gasteiger charge is 2.16. The molecule has 0 saturated heterocycles. The maximum absolute atomic E-state index is 12.6. The molecule has 1 aromatic carbocycles. The Morgan fingerprint density at radius 2 is 1.94 bits per heavy atom. The minimum Gasteiger partial charge on any atom is -0.326 e. The van der Waals surface area contributed by atoms with Gasteiger partial charge < -0.3 is 5.32 Å². The molecule has 4 aromatic heterocycles. The van der Waals surface area contributed by atoms with Crippen molar-refractivity contribution < 1.29 is 4.79 Å². The Hall–Kier alpha value is -4.04. The number of pyridine rings is 2. The minimum atomic E-state index is -0.174. The predicted molar refractivity (Wildman–Crippen MR) is 122 cm³/mol. The summed E-state index contributed by atoms with van der Waals surface area (Å²) >= 11 is 5.91. The first-order chi connectivity index (χ1) is 15.5. The lowest BCUT2D eigenvalue weighted by Crippen LogP contribution is -2.15. The molecule has 4 heterocycles. The van der Waals surface area contributed by atoms with Gasteiger partial charge in [0.25, 0.3) is 0 Å². The van der Waals surface area contributed by atoms with Crippen molar-refractivity contribution in [3.63, 3.8) is 0 Å². The highest BCUT2D eigenvalue weighted by molar-refractivity contribution is 6.30. The van der Waals surface area contributed by atoms with E-state index < -0.39 is 0 Å². The second-order valence-electron chi connectivity index (χ2n) is 7.28. The number of rotatable bonds is 5. The van der Waals surface area contributed by atoms with E-state index in [1.165, 1.54) is 6.33 Å². The van der Waals surface area contributed by atoms with Crippen molar-refractivity contribution in [2.24, 2.45) is 0 Å². The Morgan fingerprint density at radius 1 is 1.09 bits per heavy atom. The molecule has 0 bridgehead atoms. The fourth-order valence-electron chi connectivity index (χ4n) is 3.41. The number of hydrogen-bond acceptors (Lipinski definition) is 5. The molecule has 0 unspecified atom stereocenters. The zero-order chi connectivity index (χ0) is 22.1. The van der Waals surface area contributed by atoms with Gasteiger partial charge in [0.15, 0.2) is 11.5 Å². The summed E-state index contributed by atoms with van der Waals surface area (Å²) in [5.41, 5.74) is 4.59. The molecule has 158 valence electrons.